The number of ether oxygens (including phenoxy) is 1. The van der Waals surface area contributed by atoms with Crippen molar-refractivity contribution in [2.75, 3.05) is 13.2 Å². The summed E-state index contributed by atoms with van der Waals surface area (Å²) in [7, 11) is 0. The fourth-order valence-corrected chi connectivity index (χ4v) is 2.93. The van der Waals surface area contributed by atoms with Crippen molar-refractivity contribution in [3.63, 3.8) is 0 Å². The fourth-order valence-electron chi connectivity index (χ4n) is 2.93. The van der Waals surface area contributed by atoms with Gasteiger partial charge in [-0.25, -0.2) is 0 Å². The number of hydrogen-bond acceptors (Lipinski definition) is 3. The number of esters is 1. The van der Waals surface area contributed by atoms with Gasteiger partial charge in [0.1, 0.15) is 5.54 Å². The van der Waals surface area contributed by atoms with E-state index in [2.05, 4.69) is 33.0 Å². The van der Waals surface area contributed by atoms with Gasteiger partial charge in [0.25, 0.3) is 0 Å². The highest BCUT2D eigenvalue weighted by atomic mass is 16.5. The van der Waals surface area contributed by atoms with Gasteiger partial charge >= 0.3 is 5.97 Å². The highest BCUT2D eigenvalue weighted by Gasteiger charge is 2.47. The first-order chi connectivity index (χ1) is 8.42. The standard InChI is InChI=1S/C15H29NO2/c1-6-18-14(17)15(16-10-11(2)3)8-7-12(4)9-13(15)5/h11-13,16H,6-10H2,1-5H3. The van der Waals surface area contributed by atoms with E-state index in [0.717, 1.165) is 25.8 Å². The average molecular weight is 255 g/mol. The van der Waals surface area contributed by atoms with E-state index in [1.54, 1.807) is 0 Å². The second-order valence-electron chi connectivity index (χ2n) is 6.25. The molecule has 3 heteroatoms. The van der Waals surface area contributed by atoms with Crippen LogP contribution in [0.4, 0.5) is 0 Å². The van der Waals surface area contributed by atoms with Crippen LogP contribution in [0.5, 0.6) is 0 Å². The summed E-state index contributed by atoms with van der Waals surface area (Å²) in [4.78, 5) is 12.4. The monoisotopic (exact) mass is 255 g/mol. The van der Waals surface area contributed by atoms with Gasteiger partial charge in [-0.1, -0.05) is 27.7 Å². The maximum atomic E-state index is 12.4. The van der Waals surface area contributed by atoms with Crippen molar-refractivity contribution in [1.82, 2.24) is 5.32 Å². The van der Waals surface area contributed by atoms with Crippen LogP contribution in [0.25, 0.3) is 0 Å². The smallest absolute Gasteiger partial charge is 0.326 e. The minimum atomic E-state index is -0.452. The van der Waals surface area contributed by atoms with Crippen LogP contribution in [-0.4, -0.2) is 24.7 Å². The maximum Gasteiger partial charge on any atom is 0.326 e. The van der Waals surface area contributed by atoms with Gasteiger partial charge in [-0.3, -0.25) is 4.79 Å². The van der Waals surface area contributed by atoms with Gasteiger partial charge in [-0.05, 0) is 50.5 Å². The number of hydrogen-bond donors (Lipinski definition) is 1. The Kier molecular flexibility index (Phi) is 5.64. The number of carbonyl (C=O) groups excluding carboxylic acids is 1. The van der Waals surface area contributed by atoms with Crippen LogP contribution in [0.3, 0.4) is 0 Å². The lowest BCUT2D eigenvalue weighted by Gasteiger charge is -2.43. The molecule has 0 radical (unpaired) electrons. The Morgan fingerprint density at radius 2 is 2.11 bits per heavy atom. The third-order valence-electron chi connectivity index (χ3n) is 4.09. The summed E-state index contributed by atoms with van der Waals surface area (Å²) in [6.45, 7) is 12.0. The zero-order chi connectivity index (χ0) is 13.8. The van der Waals surface area contributed by atoms with Gasteiger partial charge in [0, 0.05) is 0 Å². The Balaban J connectivity index is 2.82. The van der Waals surface area contributed by atoms with E-state index >= 15 is 0 Å². The third kappa shape index (κ3) is 3.47. The van der Waals surface area contributed by atoms with Gasteiger partial charge in [-0.15, -0.1) is 0 Å². The highest BCUT2D eigenvalue weighted by Crippen LogP contribution is 2.37. The SMILES string of the molecule is CCOC(=O)C1(NCC(C)C)CCC(C)CC1C. The van der Waals surface area contributed by atoms with E-state index < -0.39 is 5.54 Å². The molecule has 0 aromatic carbocycles. The van der Waals surface area contributed by atoms with Crippen LogP contribution in [0.15, 0.2) is 0 Å². The summed E-state index contributed by atoms with van der Waals surface area (Å²) >= 11 is 0. The van der Waals surface area contributed by atoms with E-state index in [4.69, 9.17) is 4.74 Å². The van der Waals surface area contributed by atoms with Crippen LogP contribution in [0, 0.1) is 17.8 Å². The van der Waals surface area contributed by atoms with Crippen molar-refractivity contribution in [2.24, 2.45) is 17.8 Å². The Bertz CT molecular complexity index is 278. The molecule has 3 unspecified atom stereocenters. The van der Waals surface area contributed by atoms with Gasteiger partial charge in [0.15, 0.2) is 0 Å². The van der Waals surface area contributed by atoms with Gasteiger partial charge in [-0.2, -0.15) is 0 Å². The number of carbonyl (C=O) groups is 1. The normalized spacial score (nSPS) is 32.6. The minimum Gasteiger partial charge on any atom is -0.465 e. The minimum absolute atomic E-state index is 0.0509. The van der Waals surface area contributed by atoms with E-state index in [1.807, 2.05) is 6.92 Å². The summed E-state index contributed by atoms with van der Waals surface area (Å²) in [5, 5.41) is 3.51. The van der Waals surface area contributed by atoms with Gasteiger partial charge < -0.3 is 10.1 Å². The van der Waals surface area contributed by atoms with Crippen molar-refractivity contribution in [3.8, 4) is 0 Å². The molecule has 1 fully saturated rings. The lowest BCUT2D eigenvalue weighted by atomic mass is 9.69. The van der Waals surface area contributed by atoms with Crippen LogP contribution in [0.2, 0.25) is 0 Å². The average Bonchev–Trinajstić information content (AvgIpc) is 2.28. The molecular weight excluding hydrogens is 226 g/mol. The summed E-state index contributed by atoms with van der Waals surface area (Å²) < 4.78 is 5.32. The largest absolute Gasteiger partial charge is 0.465 e. The summed E-state index contributed by atoms with van der Waals surface area (Å²) in [6, 6.07) is 0. The second-order valence-corrected chi connectivity index (χ2v) is 6.25. The van der Waals surface area contributed by atoms with E-state index in [0.29, 0.717) is 24.4 Å². The fraction of sp³-hybridized carbons (Fsp3) is 0.933. The lowest BCUT2D eigenvalue weighted by Crippen LogP contribution is -2.60. The third-order valence-corrected chi connectivity index (χ3v) is 4.09. The highest BCUT2D eigenvalue weighted by molar-refractivity contribution is 5.81. The second kappa shape index (κ2) is 6.55. The molecule has 0 spiro atoms. The number of nitrogens with one attached hydrogen (secondary N) is 1. The Morgan fingerprint density at radius 1 is 1.44 bits per heavy atom. The van der Waals surface area contributed by atoms with Crippen molar-refractivity contribution in [3.05, 3.63) is 0 Å². The first-order valence-electron chi connectivity index (χ1n) is 7.34. The predicted octanol–water partition coefficient (Wildman–Crippen LogP) is 2.99. The van der Waals surface area contributed by atoms with Crippen LogP contribution in [-0.2, 0) is 9.53 Å². The Hall–Kier alpha value is -0.570. The molecule has 1 N–H and O–H groups in total. The van der Waals surface area contributed by atoms with E-state index in [9.17, 15) is 4.79 Å². The number of rotatable bonds is 5. The van der Waals surface area contributed by atoms with E-state index in [1.165, 1.54) is 0 Å². The molecule has 106 valence electrons. The topological polar surface area (TPSA) is 38.3 Å². The molecular formula is C15H29NO2. The molecule has 0 bridgehead atoms. The molecule has 0 aromatic rings. The lowest BCUT2D eigenvalue weighted by molar-refractivity contribution is -0.156. The molecule has 1 aliphatic rings. The molecule has 18 heavy (non-hydrogen) atoms. The first kappa shape index (κ1) is 15.5. The molecule has 0 aromatic heterocycles. The van der Waals surface area contributed by atoms with Gasteiger partial charge in [0.2, 0.25) is 0 Å². The molecule has 0 heterocycles. The maximum absolute atomic E-state index is 12.4. The molecule has 1 saturated carbocycles. The molecule has 0 amide bonds. The zero-order valence-electron chi connectivity index (χ0n) is 12.6. The zero-order valence-corrected chi connectivity index (χ0v) is 12.6. The predicted molar refractivity (Wildman–Crippen MR) is 74.4 cm³/mol. The van der Waals surface area contributed by atoms with Crippen molar-refractivity contribution in [2.45, 2.75) is 59.4 Å². The Morgan fingerprint density at radius 3 is 2.61 bits per heavy atom. The molecule has 3 nitrogen and oxygen atoms in total. The first-order valence-corrected chi connectivity index (χ1v) is 7.34. The van der Waals surface area contributed by atoms with Crippen molar-refractivity contribution < 1.29 is 9.53 Å². The molecule has 0 saturated heterocycles. The molecule has 3 atom stereocenters. The van der Waals surface area contributed by atoms with E-state index in [-0.39, 0.29) is 5.97 Å². The Labute approximate surface area is 112 Å². The summed E-state index contributed by atoms with van der Waals surface area (Å²) in [5.41, 5.74) is -0.452. The summed E-state index contributed by atoms with van der Waals surface area (Å²) in [5.74, 6) is 1.55. The molecule has 0 aliphatic heterocycles. The van der Waals surface area contributed by atoms with Crippen molar-refractivity contribution >= 4 is 5.97 Å². The quantitative estimate of drug-likeness (QED) is 0.768. The molecule has 1 rings (SSSR count). The van der Waals surface area contributed by atoms with Gasteiger partial charge in [0.05, 0.1) is 6.61 Å². The molecule has 1 aliphatic carbocycles. The van der Waals surface area contributed by atoms with Crippen LogP contribution >= 0.6 is 0 Å². The summed E-state index contributed by atoms with van der Waals surface area (Å²) in [6.07, 6.45) is 3.11. The van der Waals surface area contributed by atoms with Crippen LogP contribution < -0.4 is 5.32 Å². The van der Waals surface area contributed by atoms with Crippen LogP contribution in [0.1, 0.15) is 53.9 Å². The van der Waals surface area contributed by atoms with Crippen molar-refractivity contribution in [1.29, 1.82) is 0 Å².